The van der Waals surface area contributed by atoms with Gasteiger partial charge in [0.1, 0.15) is 11.6 Å². The lowest BCUT2D eigenvalue weighted by molar-refractivity contribution is -0.141. The van der Waals surface area contributed by atoms with E-state index in [2.05, 4.69) is 0 Å². The van der Waals surface area contributed by atoms with Crippen molar-refractivity contribution < 1.29 is 23.5 Å². The maximum Gasteiger partial charge on any atom is 0.308 e. The number of anilines is 1. The zero-order chi connectivity index (χ0) is 12.6. The largest absolute Gasteiger partial charge is 0.481 e. The van der Waals surface area contributed by atoms with Crippen LogP contribution in [0.4, 0.5) is 14.5 Å². The summed E-state index contributed by atoms with van der Waals surface area (Å²) in [5, 5.41) is 8.78. The zero-order valence-corrected chi connectivity index (χ0v) is 8.69. The lowest BCUT2D eigenvalue weighted by Gasteiger charge is -2.16. The summed E-state index contributed by atoms with van der Waals surface area (Å²) >= 11 is 0. The first kappa shape index (κ1) is 11.5. The molecule has 0 aromatic heterocycles. The Hall–Kier alpha value is -1.98. The SMILES string of the molecule is O=C(O)[C@H]1CC(=O)N(c2cc(F)cc(F)c2)C1. The minimum Gasteiger partial charge on any atom is -0.481 e. The standard InChI is InChI=1S/C11H9F2NO3/c12-7-2-8(13)4-9(3-7)14-5-6(11(16)17)1-10(14)15/h2-4,6H,1,5H2,(H,16,17)/t6-/m0/s1. The van der Waals surface area contributed by atoms with E-state index >= 15 is 0 Å². The Balaban J connectivity index is 2.28. The number of amides is 1. The van der Waals surface area contributed by atoms with Crippen molar-refractivity contribution in [3.63, 3.8) is 0 Å². The second-order valence-electron chi connectivity index (χ2n) is 3.87. The van der Waals surface area contributed by atoms with E-state index in [1.807, 2.05) is 0 Å². The Kier molecular flexibility index (Phi) is 2.79. The number of halogens is 2. The van der Waals surface area contributed by atoms with Gasteiger partial charge in [0.2, 0.25) is 5.91 Å². The highest BCUT2D eigenvalue weighted by molar-refractivity contribution is 5.99. The molecule has 0 saturated carbocycles. The molecule has 0 spiro atoms. The molecule has 1 aromatic carbocycles. The van der Waals surface area contributed by atoms with E-state index in [0.29, 0.717) is 6.07 Å². The van der Waals surface area contributed by atoms with Crippen LogP contribution in [-0.4, -0.2) is 23.5 Å². The molecule has 1 aliphatic heterocycles. The van der Waals surface area contributed by atoms with E-state index in [1.165, 1.54) is 0 Å². The summed E-state index contributed by atoms with van der Waals surface area (Å²) in [4.78, 5) is 23.3. The number of aliphatic carboxylic acids is 1. The van der Waals surface area contributed by atoms with Crippen LogP contribution in [-0.2, 0) is 9.59 Å². The van der Waals surface area contributed by atoms with Crippen LogP contribution in [0.5, 0.6) is 0 Å². The van der Waals surface area contributed by atoms with Crippen LogP contribution in [0.2, 0.25) is 0 Å². The van der Waals surface area contributed by atoms with E-state index in [4.69, 9.17) is 5.11 Å². The van der Waals surface area contributed by atoms with Crippen molar-refractivity contribution in [1.82, 2.24) is 0 Å². The number of carbonyl (C=O) groups excluding carboxylic acids is 1. The molecule has 1 amide bonds. The van der Waals surface area contributed by atoms with Crippen molar-refractivity contribution in [1.29, 1.82) is 0 Å². The quantitative estimate of drug-likeness (QED) is 0.851. The molecule has 90 valence electrons. The molecule has 2 rings (SSSR count). The van der Waals surface area contributed by atoms with E-state index < -0.39 is 29.4 Å². The molecule has 1 aliphatic rings. The Morgan fingerprint density at radius 2 is 1.88 bits per heavy atom. The first-order valence-electron chi connectivity index (χ1n) is 4.96. The van der Waals surface area contributed by atoms with Crippen LogP contribution < -0.4 is 4.90 Å². The van der Waals surface area contributed by atoms with Gasteiger partial charge in [-0.25, -0.2) is 8.78 Å². The molecular weight excluding hydrogens is 232 g/mol. The van der Waals surface area contributed by atoms with Gasteiger partial charge in [-0.3, -0.25) is 9.59 Å². The monoisotopic (exact) mass is 241 g/mol. The van der Waals surface area contributed by atoms with Crippen molar-refractivity contribution in [3.8, 4) is 0 Å². The van der Waals surface area contributed by atoms with E-state index in [0.717, 1.165) is 17.0 Å². The first-order chi connectivity index (χ1) is 7.97. The number of carboxylic acids is 1. The molecular formula is C11H9F2NO3. The molecule has 1 fully saturated rings. The van der Waals surface area contributed by atoms with Gasteiger partial charge >= 0.3 is 5.97 Å². The molecule has 1 saturated heterocycles. The molecule has 4 nitrogen and oxygen atoms in total. The van der Waals surface area contributed by atoms with Crippen LogP contribution >= 0.6 is 0 Å². The number of benzene rings is 1. The molecule has 6 heteroatoms. The summed E-state index contributed by atoms with van der Waals surface area (Å²) in [7, 11) is 0. The number of hydrogen-bond acceptors (Lipinski definition) is 2. The predicted octanol–water partition coefficient (Wildman–Crippen LogP) is 1.40. The van der Waals surface area contributed by atoms with Crippen LogP contribution in [0, 0.1) is 17.6 Å². The fourth-order valence-corrected chi connectivity index (χ4v) is 1.82. The molecule has 1 atom stereocenters. The van der Waals surface area contributed by atoms with Gasteiger partial charge in [-0.1, -0.05) is 0 Å². The molecule has 0 bridgehead atoms. The van der Waals surface area contributed by atoms with Gasteiger partial charge < -0.3 is 10.0 Å². The highest BCUT2D eigenvalue weighted by atomic mass is 19.1. The average molecular weight is 241 g/mol. The molecule has 1 heterocycles. The Morgan fingerprint density at radius 3 is 2.35 bits per heavy atom. The molecule has 17 heavy (non-hydrogen) atoms. The fourth-order valence-electron chi connectivity index (χ4n) is 1.82. The summed E-state index contributed by atoms with van der Waals surface area (Å²) in [6.07, 6.45) is -0.145. The summed E-state index contributed by atoms with van der Waals surface area (Å²) in [5.74, 6) is -3.95. The second-order valence-corrected chi connectivity index (χ2v) is 3.87. The summed E-state index contributed by atoms with van der Waals surface area (Å²) in [5.41, 5.74) is 0.0521. The van der Waals surface area contributed by atoms with Crippen LogP contribution in [0.1, 0.15) is 6.42 Å². The highest BCUT2D eigenvalue weighted by Gasteiger charge is 2.35. The normalized spacial score (nSPS) is 19.8. The Morgan fingerprint density at radius 1 is 1.29 bits per heavy atom. The lowest BCUT2D eigenvalue weighted by Crippen LogP contribution is -2.25. The molecule has 0 aliphatic carbocycles. The first-order valence-corrected chi connectivity index (χ1v) is 4.96. The van der Waals surface area contributed by atoms with Gasteiger partial charge in [-0.15, -0.1) is 0 Å². The maximum absolute atomic E-state index is 13.0. The summed E-state index contributed by atoms with van der Waals surface area (Å²) in [6.45, 7) is -0.0585. The number of carboxylic acid groups (broad SMARTS) is 1. The van der Waals surface area contributed by atoms with Crippen molar-refractivity contribution >= 4 is 17.6 Å². The maximum atomic E-state index is 13.0. The van der Waals surface area contributed by atoms with Gasteiger partial charge in [-0.05, 0) is 12.1 Å². The van der Waals surface area contributed by atoms with Crippen LogP contribution in [0.25, 0.3) is 0 Å². The fraction of sp³-hybridized carbons (Fsp3) is 0.273. The topological polar surface area (TPSA) is 57.6 Å². The minimum absolute atomic E-state index is 0.0521. The van der Waals surface area contributed by atoms with Crippen LogP contribution in [0.15, 0.2) is 18.2 Å². The van der Waals surface area contributed by atoms with Crippen molar-refractivity contribution in [2.75, 3.05) is 11.4 Å². The van der Waals surface area contributed by atoms with Crippen molar-refractivity contribution in [3.05, 3.63) is 29.8 Å². The van der Waals surface area contributed by atoms with Gasteiger partial charge in [-0.2, -0.15) is 0 Å². The predicted molar refractivity (Wildman–Crippen MR) is 54.5 cm³/mol. The van der Waals surface area contributed by atoms with Gasteiger partial charge in [0.15, 0.2) is 0 Å². The molecule has 0 radical (unpaired) electrons. The zero-order valence-electron chi connectivity index (χ0n) is 8.69. The number of rotatable bonds is 2. The third-order valence-electron chi connectivity index (χ3n) is 2.63. The summed E-state index contributed by atoms with van der Waals surface area (Å²) in [6, 6.07) is 2.70. The van der Waals surface area contributed by atoms with Gasteiger partial charge in [0.25, 0.3) is 0 Å². The molecule has 1 aromatic rings. The Bertz CT molecular complexity index is 469. The number of carbonyl (C=O) groups is 2. The molecule has 0 unspecified atom stereocenters. The van der Waals surface area contributed by atoms with E-state index in [9.17, 15) is 18.4 Å². The highest BCUT2D eigenvalue weighted by Crippen LogP contribution is 2.26. The second kappa shape index (κ2) is 4.12. The minimum atomic E-state index is -1.09. The lowest BCUT2D eigenvalue weighted by atomic mass is 10.1. The third-order valence-corrected chi connectivity index (χ3v) is 2.63. The third kappa shape index (κ3) is 2.25. The van der Waals surface area contributed by atoms with E-state index in [-0.39, 0.29) is 18.7 Å². The average Bonchev–Trinajstić information content (AvgIpc) is 2.59. The summed E-state index contributed by atoms with van der Waals surface area (Å²) < 4.78 is 25.9. The smallest absolute Gasteiger partial charge is 0.308 e. The number of hydrogen-bond donors (Lipinski definition) is 1. The van der Waals surface area contributed by atoms with E-state index in [1.54, 1.807) is 0 Å². The van der Waals surface area contributed by atoms with Crippen molar-refractivity contribution in [2.24, 2.45) is 5.92 Å². The van der Waals surface area contributed by atoms with Gasteiger partial charge in [0.05, 0.1) is 5.92 Å². The van der Waals surface area contributed by atoms with Gasteiger partial charge in [0, 0.05) is 24.7 Å². The van der Waals surface area contributed by atoms with Crippen molar-refractivity contribution in [2.45, 2.75) is 6.42 Å². The van der Waals surface area contributed by atoms with Crippen LogP contribution in [0.3, 0.4) is 0 Å². The molecule has 1 N–H and O–H groups in total. The number of nitrogens with zero attached hydrogens (tertiary/aromatic N) is 1. The Labute approximate surface area is 95.5 Å².